The van der Waals surface area contributed by atoms with Gasteiger partial charge >= 0.3 is 0 Å². The third kappa shape index (κ3) is 2.18. The smallest absolute Gasteiger partial charge is 0.136 e. The van der Waals surface area contributed by atoms with E-state index < -0.39 is 0 Å². The Labute approximate surface area is 98.3 Å². The SMILES string of the molecule is IB(c1ccccc1)c1ccccc1. The minimum Gasteiger partial charge on any atom is -0.136 e. The predicted molar refractivity (Wildman–Crippen MR) is 71.9 cm³/mol. The molecule has 0 spiro atoms. The Morgan fingerprint density at radius 2 is 1.00 bits per heavy atom. The molecule has 2 aromatic carbocycles. The van der Waals surface area contributed by atoms with Crippen molar-refractivity contribution in [1.82, 2.24) is 0 Å². The standard InChI is InChI=1S/C12H10BI/c14-13(11-7-3-1-4-8-11)12-9-5-2-6-10-12/h1-10H. The second-order valence-electron chi connectivity index (χ2n) is 3.18. The molecule has 0 aromatic heterocycles. The van der Waals surface area contributed by atoms with Crippen LogP contribution in [0.1, 0.15) is 0 Å². The largest absolute Gasteiger partial charge is 0.282 e. The summed E-state index contributed by atoms with van der Waals surface area (Å²) in [7, 11) is 0. The summed E-state index contributed by atoms with van der Waals surface area (Å²) in [6.45, 7) is 0. The number of hydrogen-bond acceptors (Lipinski definition) is 0. The van der Waals surface area contributed by atoms with Crippen molar-refractivity contribution in [1.29, 1.82) is 0 Å². The molecule has 0 saturated carbocycles. The lowest BCUT2D eigenvalue weighted by atomic mass is 9.64. The third-order valence-corrected chi connectivity index (χ3v) is 3.62. The topological polar surface area (TPSA) is 0 Å². The van der Waals surface area contributed by atoms with Gasteiger partial charge in [0.15, 0.2) is 0 Å². The molecule has 0 radical (unpaired) electrons. The molecule has 0 bridgehead atoms. The van der Waals surface area contributed by atoms with Crippen LogP contribution < -0.4 is 10.9 Å². The zero-order valence-corrected chi connectivity index (χ0v) is 9.89. The van der Waals surface area contributed by atoms with Crippen molar-refractivity contribution in [2.75, 3.05) is 0 Å². The zero-order chi connectivity index (χ0) is 9.80. The van der Waals surface area contributed by atoms with Crippen molar-refractivity contribution in [3.05, 3.63) is 60.7 Å². The highest BCUT2D eigenvalue weighted by Crippen LogP contribution is 1.98. The normalized spacial score (nSPS) is 9.79. The van der Waals surface area contributed by atoms with Crippen LogP contribution in [0.4, 0.5) is 0 Å². The van der Waals surface area contributed by atoms with Crippen LogP contribution in [0, 0.1) is 0 Å². The van der Waals surface area contributed by atoms with Gasteiger partial charge in [-0.3, -0.25) is 0 Å². The van der Waals surface area contributed by atoms with Crippen LogP contribution >= 0.6 is 22.4 Å². The lowest BCUT2D eigenvalue weighted by molar-refractivity contribution is 1.75. The molecule has 0 nitrogen and oxygen atoms in total. The fourth-order valence-corrected chi connectivity index (χ4v) is 2.27. The van der Waals surface area contributed by atoms with E-state index in [4.69, 9.17) is 0 Å². The van der Waals surface area contributed by atoms with Crippen molar-refractivity contribution < 1.29 is 0 Å². The summed E-state index contributed by atoms with van der Waals surface area (Å²) in [5, 5.41) is 0. The molecule has 14 heavy (non-hydrogen) atoms. The second-order valence-corrected chi connectivity index (χ2v) is 4.43. The van der Waals surface area contributed by atoms with Gasteiger partial charge in [0.05, 0.1) is 0 Å². The Hall–Kier alpha value is -0.765. The molecule has 0 fully saturated rings. The molecular weight excluding hydrogens is 282 g/mol. The van der Waals surface area contributed by atoms with Crippen molar-refractivity contribution in [3.63, 3.8) is 0 Å². The Balaban J connectivity index is 2.30. The van der Waals surface area contributed by atoms with Gasteiger partial charge in [0, 0.05) is 0 Å². The molecule has 0 amide bonds. The lowest BCUT2D eigenvalue weighted by Gasteiger charge is -2.06. The molecular formula is C12H10BI. The molecule has 2 rings (SSSR count). The molecule has 0 aliphatic carbocycles. The van der Waals surface area contributed by atoms with Gasteiger partial charge in [0.1, 0.15) is 0 Å². The lowest BCUT2D eigenvalue weighted by Crippen LogP contribution is -2.36. The average Bonchev–Trinajstić information content (AvgIpc) is 2.30. The van der Waals surface area contributed by atoms with Crippen molar-refractivity contribution in [2.24, 2.45) is 0 Å². The van der Waals surface area contributed by atoms with E-state index in [1.807, 2.05) is 0 Å². The number of rotatable bonds is 2. The zero-order valence-electron chi connectivity index (χ0n) is 7.73. The molecule has 0 aliphatic rings. The summed E-state index contributed by atoms with van der Waals surface area (Å²) < 4.78 is 0.454. The van der Waals surface area contributed by atoms with Crippen molar-refractivity contribution in [3.8, 4) is 0 Å². The van der Waals surface area contributed by atoms with Crippen molar-refractivity contribution in [2.45, 2.75) is 0 Å². The molecule has 0 unspecified atom stereocenters. The molecule has 0 aliphatic heterocycles. The first-order chi connectivity index (χ1) is 6.88. The first-order valence-electron chi connectivity index (χ1n) is 4.62. The number of halogens is 1. The van der Waals surface area contributed by atoms with E-state index in [9.17, 15) is 0 Å². The Morgan fingerprint density at radius 3 is 1.36 bits per heavy atom. The summed E-state index contributed by atoms with van der Waals surface area (Å²) >= 11 is 2.47. The van der Waals surface area contributed by atoms with Crippen LogP contribution in [0.5, 0.6) is 0 Å². The van der Waals surface area contributed by atoms with Gasteiger partial charge in [0.2, 0.25) is 0 Å². The van der Waals surface area contributed by atoms with Gasteiger partial charge in [-0.25, -0.2) is 0 Å². The summed E-state index contributed by atoms with van der Waals surface area (Å²) in [5.74, 6) is 0. The third-order valence-electron chi connectivity index (χ3n) is 2.18. The van der Waals surface area contributed by atoms with Crippen LogP contribution in [-0.4, -0.2) is 4.57 Å². The van der Waals surface area contributed by atoms with Gasteiger partial charge in [-0.15, -0.1) is 22.4 Å². The molecule has 68 valence electrons. The Bertz CT molecular complexity index is 346. The highest BCUT2D eigenvalue weighted by atomic mass is 127. The summed E-state index contributed by atoms with van der Waals surface area (Å²) in [5.41, 5.74) is 2.72. The van der Waals surface area contributed by atoms with E-state index in [1.165, 1.54) is 10.9 Å². The first kappa shape index (κ1) is 9.78. The summed E-state index contributed by atoms with van der Waals surface area (Å²) in [6, 6.07) is 21.1. The summed E-state index contributed by atoms with van der Waals surface area (Å²) in [6.07, 6.45) is 0. The Morgan fingerprint density at radius 1 is 0.643 bits per heavy atom. The fraction of sp³-hybridized carbons (Fsp3) is 0. The summed E-state index contributed by atoms with van der Waals surface area (Å²) in [4.78, 5) is 0. The fourth-order valence-electron chi connectivity index (χ4n) is 1.44. The predicted octanol–water partition coefficient (Wildman–Crippen LogP) is 2.23. The van der Waals surface area contributed by atoms with E-state index in [-0.39, 0.29) is 0 Å². The van der Waals surface area contributed by atoms with E-state index in [0.29, 0.717) is 4.57 Å². The average molecular weight is 292 g/mol. The van der Waals surface area contributed by atoms with E-state index in [1.54, 1.807) is 0 Å². The highest BCUT2D eigenvalue weighted by molar-refractivity contribution is 14.1. The van der Waals surface area contributed by atoms with Gasteiger partial charge in [-0.1, -0.05) is 71.6 Å². The van der Waals surface area contributed by atoms with Crippen LogP contribution in [0.2, 0.25) is 0 Å². The van der Waals surface area contributed by atoms with Gasteiger partial charge in [0.25, 0.3) is 4.57 Å². The minimum atomic E-state index is 0.454. The van der Waals surface area contributed by atoms with E-state index >= 15 is 0 Å². The molecule has 0 atom stereocenters. The van der Waals surface area contributed by atoms with Gasteiger partial charge < -0.3 is 0 Å². The van der Waals surface area contributed by atoms with Gasteiger partial charge in [-0.05, 0) is 0 Å². The molecule has 0 saturated heterocycles. The molecule has 0 N–H and O–H groups in total. The van der Waals surface area contributed by atoms with Crippen LogP contribution in [0.25, 0.3) is 0 Å². The maximum absolute atomic E-state index is 2.47. The van der Waals surface area contributed by atoms with Crippen LogP contribution in [-0.2, 0) is 0 Å². The quantitative estimate of drug-likeness (QED) is 0.588. The van der Waals surface area contributed by atoms with Gasteiger partial charge in [-0.2, -0.15) is 0 Å². The van der Waals surface area contributed by atoms with E-state index in [2.05, 4.69) is 83.0 Å². The number of hydrogen-bond donors (Lipinski definition) is 0. The number of benzene rings is 2. The first-order valence-corrected chi connectivity index (χ1v) is 5.86. The second kappa shape index (κ2) is 4.64. The molecule has 2 aromatic rings. The van der Waals surface area contributed by atoms with E-state index in [0.717, 1.165) is 0 Å². The maximum Gasteiger partial charge on any atom is 0.282 e. The highest BCUT2D eigenvalue weighted by Gasteiger charge is 2.13. The minimum absolute atomic E-state index is 0.454. The molecule has 0 heterocycles. The molecule has 2 heteroatoms. The van der Waals surface area contributed by atoms with Crippen molar-refractivity contribution >= 4 is 37.9 Å². The maximum atomic E-state index is 2.47. The van der Waals surface area contributed by atoms with Crippen LogP contribution in [0.3, 0.4) is 0 Å². The van der Waals surface area contributed by atoms with Crippen LogP contribution in [0.15, 0.2) is 60.7 Å². The monoisotopic (exact) mass is 292 g/mol. The Kier molecular flexibility index (Phi) is 3.24.